The number of hydrogen-bond donors (Lipinski definition) is 1. The minimum Gasteiger partial charge on any atom is -0.393 e. The standard InChI is InChI=1S/C18H18FN3O2S/c19-13-3-1-12(2-4-13)11-22-17(24)16-15(7-10-25-16)20-18(22)21-8-5-14(23)6-9-21/h1-4,7,10,14,23H,5-6,8-9,11H2. The largest absolute Gasteiger partial charge is 0.393 e. The van der Waals surface area contributed by atoms with Gasteiger partial charge in [0.2, 0.25) is 5.95 Å². The molecule has 0 radical (unpaired) electrons. The fourth-order valence-corrected chi connectivity index (χ4v) is 3.93. The van der Waals surface area contributed by atoms with Crippen molar-refractivity contribution in [2.75, 3.05) is 18.0 Å². The first-order valence-electron chi connectivity index (χ1n) is 8.27. The fourth-order valence-electron chi connectivity index (χ4n) is 3.15. The van der Waals surface area contributed by atoms with Crippen molar-refractivity contribution in [1.82, 2.24) is 9.55 Å². The molecule has 7 heteroatoms. The van der Waals surface area contributed by atoms with Crippen molar-refractivity contribution in [2.45, 2.75) is 25.5 Å². The molecular weight excluding hydrogens is 341 g/mol. The van der Waals surface area contributed by atoms with Gasteiger partial charge >= 0.3 is 0 Å². The molecule has 1 fully saturated rings. The Kier molecular flexibility index (Phi) is 4.27. The molecule has 1 saturated heterocycles. The Balaban J connectivity index is 1.79. The zero-order valence-electron chi connectivity index (χ0n) is 13.6. The van der Waals surface area contributed by atoms with E-state index in [0.29, 0.717) is 48.6 Å². The summed E-state index contributed by atoms with van der Waals surface area (Å²) in [6.45, 7) is 1.66. The summed E-state index contributed by atoms with van der Waals surface area (Å²) >= 11 is 1.38. The molecular formula is C18H18FN3O2S. The lowest BCUT2D eigenvalue weighted by Crippen LogP contribution is -2.40. The first-order valence-corrected chi connectivity index (χ1v) is 9.15. The maximum atomic E-state index is 13.2. The average Bonchev–Trinajstić information content (AvgIpc) is 3.09. The van der Waals surface area contributed by atoms with Crippen LogP contribution in [-0.4, -0.2) is 33.9 Å². The summed E-state index contributed by atoms with van der Waals surface area (Å²) in [5, 5.41) is 11.6. The molecule has 0 atom stereocenters. The normalized spacial score (nSPS) is 15.8. The molecule has 0 saturated carbocycles. The van der Waals surface area contributed by atoms with E-state index in [9.17, 15) is 14.3 Å². The SMILES string of the molecule is O=c1c2sccc2nc(N2CCC(O)CC2)n1Cc1ccc(F)cc1. The highest BCUT2D eigenvalue weighted by Crippen LogP contribution is 2.23. The predicted octanol–water partition coefficient (Wildman–Crippen LogP) is 2.61. The molecule has 3 aromatic rings. The van der Waals surface area contributed by atoms with Gasteiger partial charge in [-0.2, -0.15) is 0 Å². The summed E-state index contributed by atoms with van der Waals surface area (Å²) in [5.74, 6) is 0.320. The maximum Gasteiger partial charge on any atom is 0.273 e. The third-order valence-corrected chi connectivity index (χ3v) is 5.44. The number of aliphatic hydroxyl groups excluding tert-OH is 1. The van der Waals surface area contributed by atoms with E-state index in [1.165, 1.54) is 23.5 Å². The van der Waals surface area contributed by atoms with Gasteiger partial charge in [0, 0.05) is 13.1 Å². The number of halogens is 1. The monoisotopic (exact) mass is 359 g/mol. The van der Waals surface area contributed by atoms with Gasteiger partial charge in [0.05, 0.1) is 18.2 Å². The molecule has 0 unspecified atom stereocenters. The molecule has 0 bridgehead atoms. The van der Waals surface area contributed by atoms with E-state index in [2.05, 4.69) is 4.90 Å². The number of hydrogen-bond acceptors (Lipinski definition) is 5. The molecule has 2 aromatic heterocycles. The second-order valence-corrected chi connectivity index (χ2v) is 7.20. The second kappa shape index (κ2) is 6.57. The van der Waals surface area contributed by atoms with Crippen molar-refractivity contribution in [1.29, 1.82) is 0 Å². The average molecular weight is 359 g/mol. The highest BCUT2D eigenvalue weighted by Gasteiger charge is 2.22. The highest BCUT2D eigenvalue weighted by molar-refractivity contribution is 7.17. The van der Waals surface area contributed by atoms with Crippen LogP contribution in [0.15, 0.2) is 40.5 Å². The summed E-state index contributed by atoms with van der Waals surface area (Å²) in [6.07, 6.45) is 1.03. The molecule has 0 spiro atoms. The lowest BCUT2D eigenvalue weighted by molar-refractivity contribution is 0.145. The topological polar surface area (TPSA) is 58.4 Å². The minimum atomic E-state index is -0.298. The van der Waals surface area contributed by atoms with Gasteiger partial charge in [0.15, 0.2) is 0 Å². The van der Waals surface area contributed by atoms with Crippen LogP contribution in [0.3, 0.4) is 0 Å². The molecule has 0 amide bonds. The highest BCUT2D eigenvalue weighted by atomic mass is 32.1. The number of aromatic nitrogens is 2. The molecule has 130 valence electrons. The summed E-state index contributed by atoms with van der Waals surface area (Å²) in [4.78, 5) is 19.7. The van der Waals surface area contributed by atoms with Crippen molar-refractivity contribution in [2.24, 2.45) is 0 Å². The van der Waals surface area contributed by atoms with E-state index in [1.54, 1.807) is 16.7 Å². The quantitative estimate of drug-likeness (QED) is 0.781. The Morgan fingerprint density at radius 1 is 1.20 bits per heavy atom. The number of rotatable bonds is 3. The summed E-state index contributed by atoms with van der Waals surface area (Å²) in [7, 11) is 0. The number of benzene rings is 1. The minimum absolute atomic E-state index is 0.0783. The Bertz CT molecular complexity index is 943. The molecule has 3 heterocycles. The van der Waals surface area contributed by atoms with Crippen LogP contribution in [0.1, 0.15) is 18.4 Å². The van der Waals surface area contributed by atoms with Crippen LogP contribution >= 0.6 is 11.3 Å². The van der Waals surface area contributed by atoms with Gasteiger partial charge in [0.1, 0.15) is 10.5 Å². The van der Waals surface area contributed by atoms with Crippen LogP contribution in [0, 0.1) is 5.82 Å². The van der Waals surface area contributed by atoms with Crippen molar-refractivity contribution in [3.63, 3.8) is 0 Å². The van der Waals surface area contributed by atoms with Gasteiger partial charge in [-0.25, -0.2) is 9.37 Å². The molecule has 25 heavy (non-hydrogen) atoms. The lowest BCUT2D eigenvalue weighted by Gasteiger charge is -2.32. The van der Waals surface area contributed by atoms with E-state index < -0.39 is 0 Å². The summed E-state index contributed by atoms with van der Waals surface area (Å²) < 4.78 is 15.5. The first kappa shape index (κ1) is 16.2. The number of aliphatic hydroxyl groups is 1. The smallest absolute Gasteiger partial charge is 0.273 e. The van der Waals surface area contributed by atoms with Crippen molar-refractivity contribution in [3.8, 4) is 0 Å². The van der Waals surface area contributed by atoms with Crippen molar-refractivity contribution < 1.29 is 9.50 Å². The summed E-state index contributed by atoms with van der Waals surface area (Å²) in [6, 6.07) is 8.02. The van der Waals surface area contributed by atoms with Gasteiger partial charge in [-0.15, -0.1) is 11.3 Å². The Hall–Kier alpha value is -2.25. The lowest BCUT2D eigenvalue weighted by atomic mass is 10.1. The van der Waals surface area contributed by atoms with Crippen molar-refractivity contribution in [3.05, 3.63) is 57.4 Å². The molecule has 1 aliphatic heterocycles. The predicted molar refractivity (Wildman–Crippen MR) is 96.8 cm³/mol. The van der Waals surface area contributed by atoms with Crippen LogP contribution < -0.4 is 10.5 Å². The van der Waals surface area contributed by atoms with Crippen LogP contribution in [0.5, 0.6) is 0 Å². The Labute approximate surface area is 148 Å². The molecule has 4 rings (SSSR count). The van der Waals surface area contributed by atoms with E-state index in [-0.39, 0.29) is 17.5 Å². The van der Waals surface area contributed by atoms with E-state index >= 15 is 0 Å². The van der Waals surface area contributed by atoms with Crippen LogP contribution in [0.2, 0.25) is 0 Å². The third kappa shape index (κ3) is 3.17. The molecule has 1 aromatic carbocycles. The maximum absolute atomic E-state index is 13.2. The summed E-state index contributed by atoms with van der Waals surface area (Å²) in [5.41, 5.74) is 1.47. The first-order chi connectivity index (χ1) is 12.1. The van der Waals surface area contributed by atoms with E-state index in [4.69, 9.17) is 4.98 Å². The van der Waals surface area contributed by atoms with Gasteiger partial charge < -0.3 is 10.0 Å². The number of nitrogens with zero attached hydrogens (tertiary/aromatic N) is 3. The van der Waals surface area contributed by atoms with E-state index in [1.807, 2.05) is 11.4 Å². The zero-order valence-corrected chi connectivity index (χ0v) is 14.4. The van der Waals surface area contributed by atoms with Crippen LogP contribution in [-0.2, 0) is 6.54 Å². The zero-order chi connectivity index (χ0) is 17.4. The van der Waals surface area contributed by atoms with Gasteiger partial charge in [0.25, 0.3) is 5.56 Å². The fraction of sp³-hybridized carbons (Fsp3) is 0.333. The number of piperidine rings is 1. The Morgan fingerprint density at radius 2 is 1.92 bits per heavy atom. The molecule has 1 N–H and O–H groups in total. The van der Waals surface area contributed by atoms with Gasteiger partial charge in [-0.3, -0.25) is 9.36 Å². The molecule has 5 nitrogen and oxygen atoms in total. The van der Waals surface area contributed by atoms with Crippen LogP contribution in [0.25, 0.3) is 10.2 Å². The van der Waals surface area contributed by atoms with Crippen LogP contribution in [0.4, 0.5) is 10.3 Å². The number of fused-ring (bicyclic) bond motifs is 1. The van der Waals surface area contributed by atoms with Crippen molar-refractivity contribution >= 4 is 27.5 Å². The number of thiophene rings is 1. The second-order valence-electron chi connectivity index (χ2n) is 6.28. The van der Waals surface area contributed by atoms with Gasteiger partial charge in [-0.1, -0.05) is 12.1 Å². The van der Waals surface area contributed by atoms with Gasteiger partial charge in [-0.05, 0) is 42.0 Å². The Morgan fingerprint density at radius 3 is 2.64 bits per heavy atom. The molecule has 1 aliphatic rings. The molecule has 0 aliphatic carbocycles. The third-order valence-electron chi connectivity index (χ3n) is 4.55. The van der Waals surface area contributed by atoms with E-state index in [0.717, 1.165) is 5.56 Å². The number of anilines is 1.